The molecule has 3 aromatic rings. The van der Waals surface area contributed by atoms with Gasteiger partial charge in [-0.15, -0.1) is 0 Å². The van der Waals surface area contributed by atoms with Crippen molar-refractivity contribution in [2.24, 2.45) is 0 Å². The molecular formula is C17H13BrFNO3. The fraction of sp³-hybridized carbons (Fsp3) is 0.118. The number of hydrogen-bond donors (Lipinski definition) is 1. The molecule has 0 spiro atoms. The second kappa shape index (κ2) is 6.04. The molecule has 0 aliphatic heterocycles. The normalized spacial score (nSPS) is 10.8. The van der Waals surface area contributed by atoms with Crippen LogP contribution < -0.4 is 5.32 Å². The molecule has 0 radical (unpaired) electrons. The second-order valence-corrected chi connectivity index (χ2v) is 5.74. The highest BCUT2D eigenvalue weighted by atomic mass is 79.9. The Bertz CT molecular complexity index is 887. The quantitative estimate of drug-likeness (QED) is 0.664. The summed E-state index contributed by atoms with van der Waals surface area (Å²) in [7, 11) is 3.10. The lowest BCUT2D eigenvalue weighted by Crippen LogP contribution is -2.02. The van der Waals surface area contributed by atoms with Crippen molar-refractivity contribution in [1.82, 2.24) is 0 Å². The van der Waals surface area contributed by atoms with Gasteiger partial charge in [0.25, 0.3) is 0 Å². The summed E-state index contributed by atoms with van der Waals surface area (Å²) in [5.74, 6) is -0.510. The predicted octanol–water partition coefficient (Wildman–Crippen LogP) is 4.83. The van der Waals surface area contributed by atoms with E-state index in [1.165, 1.54) is 19.2 Å². The van der Waals surface area contributed by atoms with E-state index in [0.29, 0.717) is 27.9 Å². The Morgan fingerprint density at radius 3 is 2.57 bits per heavy atom. The van der Waals surface area contributed by atoms with Gasteiger partial charge < -0.3 is 14.5 Å². The number of methoxy groups -OCH3 is 1. The maximum absolute atomic E-state index is 13.1. The van der Waals surface area contributed by atoms with Gasteiger partial charge >= 0.3 is 5.97 Å². The Labute approximate surface area is 140 Å². The average molecular weight is 378 g/mol. The highest BCUT2D eigenvalue weighted by Crippen LogP contribution is 2.38. The zero-order valence-electron chi connectivity index (χ0n) is 12.4. The summed E-state index contributed by atoms with van der Waals surface area (Å²) >= 11 is 3.45. The minimum atomic E-state index is -0.507. The second-order valence-electron chi connectivity index (χ2n) is 4.88. The van der Waals surface area contributed by atoms with Crippen LogP contribution in [0.25, 0.3) is 22.3 Å². The molecule has 6 heteroatoms. The molecule has 3 rings (SSSR count). The molecule has 0 aliphatic carbocycles. The van der Waals surface area contributed by atoms with E-state index in [2.05, 4.69) is 21.2 Å². The molecule has 0 unspecified atom stereocenters. The molecule has 0 saturated carbocycles. The van der Waals surface area contributed by atoms with Crippen LogP contribution in [0, 0.1) is 5.82 Å². The predicted molar refractivity (Wildman–Crippen MR) is 90.2 cm³/mol. The Kier molecular flexibility index (Phi) is 4.09. The number of fused-ring (bicyclic) bond motifs is 1. The van der Waals surface area contributed by atoms with Crippen molar-refractivity contribution < 1.29 is 18.3 Å². The van der Waals surface area contributed by atoms with E-state index in [9.17, 15) is 9.18 Å². The Morgan fingerprint density at radius 2 is 1.96 bits per heavy atom. The summed E-state index contributed by atoms with van der Waals surface area (Å²) in [6, 6.07) is 9.35. The van der Waals surface area contributed by atoms with Gasteiger partial charge in [0, 0.05) is 28.5 Å². The number of carbonyl (C=O) groups is 1. The number of halogens is 2. The maximum Gasteiger partial charge on any atom is 0.342 e. The first-order chi connectivity index (χ1) is 11.0. The number of carbonyl (C=O) groups excluding carboxylic acids is 1. The van der Waals surface area contributed by atoms with Crippen molar-refractivity contribution in [3.8, 4) is 11.3 Å². The summed E-state index contributed by atoms with van der Waals surface area (Å²) in [6.45, 7) is 0. The molecule has 0 atom stereocenters. The van der Waals surface area contributed by atoms with Gasteiger partial charge in [-0.3, -0.25) is 0 Å². The third-order valence-corrected chi connectivity index (χ3v) is 4.20. The summed E-state index contributed by atoms with van der Waals surface area (Å²) in [4.78, 5) is 12.2. The van der Waals surface area contributed by atoms with Crippen LogP contribution in [0.3, 0.4) is 0 Å². The molecule has 1 aromatic heterocycles. The first-order valence-electron chi connectivity index (χ1n) is 6.83. The Balaban J connectivity index is 2.31. The van der Waals surface area contributed by atoms with Gasteiger partial charge in [0.1, 0.15) is 22.7 Å². The first kappa shape index (κ1) is 15.6. The van der Waals surface area contributed by atoms with E-state index in [1.54, 1.807) is 31.3 Å². The molecule has 0 amide bonds. The van der Waals surface area contributed by atoms with E-state index in [4.69, 9.17) is 9.15 Å². The van der Waals surface area contributed by atoms with Crippen molar-refractivity contribution in [3.63, 3.8) is 0 Å². The van der Waals surface area contributed by atoms with Crippen LogP contribution in [-0.4, -0.2) is 20.1 Å². The van der Waals surface area contributed by atoms with Gasteiger partial charge in [-0.05, 0) is 46.3 Å². The molecule has 118 valence electrons. The van der Waals surface area contributed by atoms with Crippen molar-refractivity contribution in [2.75, 3.05) is 19.5 Å². The number of hydrogen-bond acceptors (Lipinski definition) is 4. The van der Waals surface area contributed by atoms with E-state index in [1.807, 2.05) is 0 Å². The van der Waals surface area contributed by atoms with Crippen LogP contribution in [0.2, 0.25) is 0 Å². The number of rotatable bonds is 3. The van der Waals surface area contributed by atoms with E-state index >= 15 is 0 Å². The molecular weight excluding hydrogens is 365 g/mol. The van der Waals surface area contributed by atoms with Gasteiger partial charge in [-0.25, -0.2) is 9.18 Å². The number of furan rings is 1. The SMILES string of the molecule is CNc1cc2oc(-c3ccc(F)cc3)c(C(=O)OC)c2cc1Br. The van der Waals surface area contributed by atoms with Crippen LogP contribution in [0.4, 0.5) is 10.1 Å². The molecule has 0 aliphatic rings. The molecule has 0 fully saturated rings. The molecule has 4 nitrogen and oxygen atoms in total. The lowest BCUT2D eigenvalue weighted by molar-refractivity contribution is 0.0603. The summed E-state index contributed by atoms with van der Waals surface area (Å²) in [6.07, 6.45) is 0. The van der Waals surface area contributed by atoms with Gasteiger partial charge in [-0.2, -0.15) is 0 Å². The van der Waals surface area contributed by atoms with Gasteiger partial charge in [0.2, 0.25) is 0 Å². The molecule has 0 bridgehead atoms. The zero-order valence-corrected chi connectivity index (χ0v) is 14.0. The lowest BCUT2D eigenvalue weighted by atomic mass is 10.1. The van der Waals surface area contributed by atoms with Crippen LogP contribution in [0.1, 0.15) is 10.4 Å². The number of esters is 1. The lowest BCUT2D eigenvalue weighted by Gasteiger charge is -2.03. The zero-order chi connectivity index (χ0) is 16.6. The van der Waals surface area contributed by atoms with Crippen LogP contribution >= 0.6 is 15.9 Å². The summed E-state index contributed by atoms with van der Waals surface area (Å²) < 4.78 is 24.7. The maximum atomic E-state index is 13.1. The minimum absolute atomic E-state index is 0.317. The van der Waals surface area contributed by atoms with Gasteiger partial charge in [0.15, 0.2) is 0 Å². The number of nitrogens with one attached hydrogen (secondary N) is 1. The van der Waals surface area contributed by atoms with Crippen LogP contribution in [0.15, 0.2) is 45.3 Å². The highest BCUT2D eigenvalue weighted by molar-refractivity contribution is 9.10. The summed E-state index contributed by atoms with van der Waals surface area (Å²) in [5.41, 5.74) is 2.29. The first-order valence-corrected chi connectivity index (χ1v) is 7.62. The molecule has 23 heavy (non-hydrogen) atoms. The largest absolute Gasteiger partial charge is 0.465 e. The fourth-order valence-corrected chi connectivity index (χ4v) is 2.96. The molecule has 1 N–H and O–H groups in total. The number of anilines is 1. The van der Waals surface area contributed by atoms with Crippen LogP contribution in [0.5, 0.6) is 0 Å². The minimum Gasteiger partial charge on any atom is -0.465 e. The topological polar surface area (TPSA) is 51.5 Å². The van der Waals surface area contributed by atoms with Gasteiger partial charge in [-0.1, -0.05) is 0 Å². The number of ether oxygens (including phenoxy) is 1. The molecule has 0 saturated heterocycles. The monoisotopic (exact) mass is 377 g/mol. The van der Waals surface area contributed by atoms with Gasteiger partial charge in [0.05, 0.1) is 12.8 Å². The van der Waals surface area contributed by atoms with Crippen molar-refractivity contribution in [1.29, 1.82) is 0 Å². The standard InChI is InChI=1S/C17H13BrFNO3/c1-20-13-8-14-11(7-12(13)18)15(17(21)22-2)16(23-14)9-3-5-10(19)6-4-9/h3-8,20H,1-2H3. The average Bonchev–Trinajstić information content (AvgIpc) is 2.92. The van der Waals surface area contributed by atoms with Crippen molar-refractivity contribution in [2.45, 2.75) is 0 Å². The van der Waals surface area contributed by atoms with E-state index in [0.717, 1.165) is 10.2 Å². The third kappa shape index (κ3) is 2.70. The molecule has 1 heterocycles. The smallest absolute Gasteiger partial charge is 0.342 e. The number of benzene rings is 2. The van der Waals surface area contributed by atoms with Crippen molar-refractivity contribution in [3.05, 3.63) is 52.3 Å². The highest BCUT2D eigenvalue weighted by Gasteiger charge is 2.23. The Hall–Kier alpha value is -2.34. The van der Waals surface area contributed by atoms with Crippen molar-refractivity contribution >= 4 is 38.6 Å². The van der Waals surface area contributed by atoms with Crippen LogP contribution in [-0.2, 0) is 4.74 Å². The fourth-order valence-electron chi connectivity index (χ4n) is 2.42. The summed E-state index contributed by atoms with van der Waals surface area (Å²) in [5, 5.41) is 3.66. The Morgan fingerprint density at radius 1 is 1.26 bits per heavy atom. The molecule has 2 aromatic carbocycles. The third-order valence-electron chi connectivity index (χ3n) is 3.54. The van der Waals surface area contributed by atoms with E-state index in [-0.39, 0.29) is 5.82 Å². The van der Waals surface area contributed by atoms with E-state index < -0.39 is 5.97 Å².